The van der Waals surface area contributed by atoms with Gasteiger partial charge in [0.05, 0.1) is 11.2 Å². The topological polar surface area (TPSA) is 80.3 Å². The third kappa shape index (κ3) is 5.54. The van der Waals surface area contributed by atoms with Crippen LogP contribution in [-0.4, -0.2) is 23.5 Å². The van der Waals surface area contributed by atoms with Crippen LogP contribution < -0.4 is 10.6 Å². The second-order valence-electron chi connectivity index (χ2n) is 6.02. The number of ether oxygens (including phenoxy) is 1. The van der Waals surface area contributed by atoms with Gasteiger partial charge in [0.2, 0.25) is 5.91 Å². The van der Waals surface area contributed by atoms with Crippen molar-refractivity contribution in [2.24, 2.45) is 0 Å². The Kier molecular flexibility index (Phi) is 6.35. The van der Waals surface area contributed by atoms with Gasteiger partial charge in [-0.15, -0.1) is 0 Å². The molecule has 0 radical (unpaired) electrons. The Hall–Kier alpha value is -3.41. The van der Waals surface area contributed by atoms with Crippen molar-refractivity contribution in [1.29, 1.82) is 0 Å². The number of hydrogen-bond donors (Lipinski definition) is 2. The number of alkyl carbamates (subject to hydrolysis) is 1. The van der Waals surface area contributed by atoms with Crippen LogP contribution >= 0.6 is 0 Å². The van der Waals surface area contributed by atoms with Crippen molar-refractivity contribution in [2.75, 3.05) is 11.9 Å². The Morgan fingerprint density at radius 2 is 1.81 bits per heavy atom. The molecule has 2 amide bonds. The van der Waals surface area contributed by atoms with Crippen LogP contribution in [0.5, 0.6) is 0 Å². The number of hydrogen-bond acceptors (Lipinski definition) is 4. The normalized spacial score (nSPS) is 10.4. The average Bonchev–Trinajstić information content (AvgIpc) is 2.71. The highest BCUT2D eigenvalue weighted by atomic mass is 16.5. The Morgan fingerprint density at radius 1 is 0.963 bits per heavy atom. The van der Waals surface area contributed by atoms with Gasteiger partial charge in [-0.05, 0) is 36.2 Å². The molecule has 1 heterocycles. The van der Waals surface area contributed by atoms with Gasteiger partial charge in [-0.1, -0.05) is 36.4 Å². The fraction of sp³-hybridized carbons (Fsp3) is 0.190. The molecule has 6 heteroatoms. The lowest BCUT2D eigenvalue weighted by Crippen LogP contribution is -2.26. The number of carbonyl (C=O) groups is 2. The molecular formula is C21H21N3O3. The number of carbonyl (C=O) groups excluding carboxylic acids is 2. The van der Waals surface area contributed by atoms with E-state index in [4.69, 9.17) is 4.74 Å². The Morgan fingerprint density at radius 3 is 2.67 bits per heavy atom. The summed E-state index contributed by atoms with van der Waals surface area (Å²) in [6, 6.07) is 18.8. The number of rotatable bonds is 7. The molecule has 3 aromatic rings. The highest BCUT2D eigenvalue weighted by Crippen LogP contribution is 2.21. The lowest BCUT2D eigenvalue weighted by Gasteiger charge is -2.09. The van der Waals surface area contributed by atoms with Crippen molar-refractivity contribution in [1.82, 2.24) is 10.3 Å². The molecule has 0 spiro atoms. The predicted octanol–water partition coefficient (Wildman–Crippen LogP) is 3.88. The van der Waals surface area contributed by atoms with Gasteiger partial charge in [-0.2, -0.15) is 0 Å². The summed E-state index contributed by atoms with van der Waals surface area (Å²) in [5, 5.41) is 6.45. The van der Waals surface area contributed by atoms with E-state index in [0.717, 1.165) is 22.2 Å². The smallest absolute Gasteiger partial charge is 0.407 e. The van der Waals surface area contributed by atoms with Crippen molar-refractivity contribution in [3.8, 4) is 0 Å². The number of nitrogens with zero attached hydrogens (tertiary/aromatic N) is 1. The fourth-order valence-electron chi connectivity index (χ4n) is 2.64. The van der Waals surface area contributed by atoms with Gasteiger partial charge in [0, 0.05) is 24.5 Å². The van der Waals surface area contributed by atoms with Crippen LogP contribution in [0.25, 0.3) is 10.9 Å². The van der Waals surface area contributed by atoms with Crippen LogP contribution in [0, 0.1) is 0 Å². The molecule has 1 aromatic heterocycles. The maximum absolute atomic E-state index is 12.1. The summed E-state index contributed by atoms with van der Waals surface area (Å²) >= 11 is 0. The predicted molar refractivity (Wildman–Crippen MR) is 104 cm³/mol. The van der Waals surface area contributed by atoms with Crippen LogP contribution in [0.15, 0.2) is 66.9 Å². The summed E-state index contributed by atoms with van der Waals surface area (Å²) in [5.41, 5.74) is 2.50. The van der Waals surface area contributed by atoms with Gasteiger partial charge in [-0.3, -0.25) is 9.78 Å². The number of amides is 2. The molecule has 2 aromatic carbocycles. The largest absolute Gasteiger partial charge is 0.445 e. The number of benzene rings is 2. The summed E-state index contributed by atoms with van der Waals surface area (Å²) in [6.07, 6.45) is 2.06. The third-order valence-corrected chi connectivity index (χ3v) is 3.98. The summed E-state index contributed by atoms with van der Waals surface area (Å²) < 4.78 is 5.12. The summed E-state index contributed by atoms with van der Waals surface area (Å²) in [6.45, 7) is 0.598. The zero-order valence-corrected chi connectivity index (χ0v) is 14.9. The number of fused-ring (bicyclic) bond motifs is 1. The Bertz CT molecular complexity index is 907. The quantitative estimate of drug-likeness (QED) is 0.624. The lowest BCUT2D eigenvalue weighted by atomic mass is 10.1. The second-order valence-corrected chi connectivity index (χ2v) is 6.02. The molecule has 0 fully saturated rings. The van der Waals surface area contributed by atoms with Crippen molar-refractivity contribution in [3.63, 3.8) is 0 Å². The van der Waals surface area contributed by atoms with Gasteiger partial charge >= 0.3 is 6.09 Å². The van der Waals surface area contributed by atoms with Crippen molar-refractivity contribution >= 4 is 28.6 Å². The maximum atomic E-state index is 12.1. The van der Waals surface area contributed by atoms with Crippen LogP contribution in [-0.2, 0) is 16.1 Å². The standard InChI is InChI=1S/C21H21N3O3/c25-20(24-19-11-4-10-18-17(19)9-5-13-22-18)12-6-14-23-21(26)27-15-16-7-2-1-3-8-16/h1-5,7-11,13H,6,12,14-15H2,(H,23,26)(H,24,25). The number of pyridine rings is 1. The van der Waals surface area contributed by atoms with E-state index >= 15 is 0 Å². The summed E-state index contributed by atoms with van der Waals surface area (Å²) in [4.78, 5) is 28.1. The van der Waals surface area contributed by atoms with E-state index in [9.17, 15) is 9.59 Å². The summed E-state index contributed by atoms with van der Waals surface area (Å²) in [5.74, 6) is -0.106. The van der Waals surface area contributed by atoms with Crippen molar-refractivity contribution in [2.45, 2.75) is 19.4 Å². The lowest BCUT2D eigenvalue weighted by molar-refractivity contribution is -0.116. The highest BCUT2D eigenvalue weighted by Gasteiger charge is 2.07. The molecule has 0 unspecified atom stereocenters. The minimum Gasteiger partial charge on any atom is -0.445 e. The van der Waals surface area contributed by atoms with E-state index in [1.807, 2.05) is 60.7 Å². The molecule has 0 bridgehead atoms. The van der Waals surface area contributed by atoms with E-state index in [1.54, 1.807) is 6.20 Å². The molecule has 2 N–H and O–H groups in total. The van der Waals surface area contributed by atoms with Gasteiger partial charge in [0.25, 0.3) is 0 Å². The first-order valence-corrected chi connectivity index (χ1v) is 8.80. The molecule has 27 heavy (non-hydrogen) atoms. The van der Waals surface area contributed by atoms with Gasteiger partial charge in [0.15, 0.2) is 0 Å². The molecule has 0 aliphatic carbocycles. The van der Waals surface area contributed by atoms with Crippen LogP contribution in [0.1, 0.15) is 18.4 Å². The first kappa shape index (κ1) is 18.4. The van der Waals surface area contributed by atoms with E-state index in [2.05, 4.69) is 15.6 Å². The highest BCUT2D eigenvalue weighted by molar-refractivity contribution is 6.00. The molecule has 0 aliphatic rings. The minimum absolute atomic E-state index is 0.106. The average molecular weight is 363 g/mol. The molecule has 3 rings (SSSR count). The van der Waals surface area contributed by atoms with Gasteiger partial charge in [0.1, 0.15) is 6.61 Å². The molecule has 0 saturated carbocycles. The molecule has 0 aliphatic heterocycles. The van der Waals surface area contributed by atoms with Gasteiger partial charge < -0.3 is 15.4 Å². The van der Waals surface area contributed by atoms with Crippen molar-refractivity contribution in [3.05, 3.63) is 72.4 Å². The molecular weight excluding hydrogens is 342 g/mol. The number of anilines is 1. The number of aromatic nitrogens is 1. The van der Waals surface area contributed by atoms with E-state index in [0.29, 0.717) is 19.4 Å². The first-order valence-electron chi connectivity index (χ1n) is 8.80. The summed E-state index contributed by atoms with van der Waals surface area (Å²) in [7, 11) is 0. The Balaban J connectivity index is 1.37. The zero-order chi connectivity index (χ0) is 18.9. The van der Waals surface area contributed by atoms with E-state index in [1.165, 1.54) is 0 Å². The minimum atomic E-state index is -0.487. The molecule has 0 saturated heterocycles. The molecule has 138 valence electrons. The fourth-order valence-corrected chi connectivity index (χ4v) is 2.64. The number of nitrogens with one attached hydrogen (secondary N) is 2. The monoisotopic (exact) mass is 363 g/mol. The maximum Gasteiger partial charge on any atom is 0.407 e. The van der Waals surface area contributed by atoms with E-state index < -0.39 is 6.09 Å². The molecule has 6 nitrogen and oxygen atoms in total. The first-order chi connectivity index (χ1) is 13.2. The van der Waals surface area contributed by atoms with Gasteiger partial charge in [-0.25, -0.2) is 4.79 Å². The SMILES string of the molecule is O=C(CCCNC(=O)OCc1ccccc1)Nc1cccc2ncccc12. The Labute approximate surface area is 157 Å². The van der Waals surface area contributed by atoms with Crippen molar-refractivity contribution < 1.29 is 14.3 Å². The zero-order valence-electron chi connectivity index (χ0n) is 14.9. The molecule has 0 atom stereocenters. The van der Waals surface area contributed by atoms with Crippen LogP contribution in [0.3, 0.4) is 0 Å². The second kappa shape index (κ2) is 9.33. The van der Waals surface area contributed by atoms with Crippen LogP contribution in [0.4, 0.5) is 10.5 Å². The third-order valence-electron chi connectivity index (χ3n) is 3.98. The van der Waals surface area contributed by atoms with E-state index in [-0.39, 0.29) is 12.5 Å². The van der Waals surface area contributed by atoms with Crippen LogP contribution in [0.2, 0.25) is 0 Å².